The largest absolute Gasteiger partial charge is 0.353 e. The van der Waals surface area contributed by atoms with Crippen LogP contribution in [-0.4, -0.2) is 22.2 Å². The van der Waals surface area contributed by atoms with Crippen LogP contribution in [0.3, 0.4) is 0 Å². The molecule has 0 fully saturated rings. The van der Waals surface area contributed by atoms with E-state index in [0.29, 0.717) is 11.7 Å². The van der Waals surface area contributed by atoms with Crippen LogP contribution in [-0.2, 0) is 11.3 Å². The molecule has 0 aliphatic rings. The highest BCUT2D eigenvalue weighted by Crippen LogP contribution is 2.21. The fourth-order valence-electron chi connectivity index (χ4n) is 1.60. The molecule has 0 bridgehead atoms. The number of unbranched alkanes of at least 4 members (excludes halogenated alkanes) is 1. The number of carbonyl (C=O) groups excluding carboxylic acids is 1. The van der Waals surface area contributed by atoms with Gasteiger partial charge in [0.05, 0.1) is 5.69 Å². The highest BCUT2D eigenvalue weighted by molar-refractivity contribution is 6.31. The minimum Gasteiger partial charge on any atom is -0.353 e. The van der Waals surface area contributed by atoms with Gasteiger partial charge in [0.25, 0.3) is 0 Å². The van der Waals surface area contributed by atoms with Crippen LogP contribution in [0.4, 0.5) is 0 Å². The molecule has 1 rings (SSSR count). The Balaban J connectivity index is 2.82. The Kier molecular flexibility index (Phi) is 5.92. The number of amides is 1. The zero-order valence-corrected chi connectivity index (χ0v) is 11.9. The Bertz CT molecular complexity index is 438. The highest BCUT2D eigenvalue weighted by Gasteiger charge is 2.10. The molecule has 1 aromatic rings. The smallest absolute Gasteiger partial charge is 0.243 e. The molecule has 0 aliphatic carbocycles. The second kappa shape index (κ2) is 7.21. The van der Waals surface area contributed by atoms with Crippen molar-refractivity contribution in [1.82, 2.24) is 15.1 Å². The maximum atomic E-state index is 11.3. The first-order valence-electron chi connectivity index (χ1n) is 6.28. The maximum absolute atomic E-state index is 11.3. The lowest BCUT2D eigenvalue weighted by Crippen LogP contribution is -2.19. The fraction of sp³-hybridized carbons (Fsp3) is 0.538. The van der Waals surface area contributed by atoms with E-state index in [1.54, 1.807) is 10.8 Å². The molecule has 0 atom stereocenters. The predicted molar refractivity (Wildman–Crippen MR) is 74.6 cm³/mol. The molecule has 5 heteroatoms. The Labute approximate surface area is 113 Å². The summed E-state index contributed by atoms with van der Waals surface area (Å²) in [6, 6.07) is 0. The van der Waals surface area contributed by atoms with Crippen molar-refractivity contribution in [3.05, 3.63) is 22.5 Å². The number of rotatable bonds is 6. The van der Waals surface area contributed by atoms with Gasteiger partial charge in [0.1, 0.15) is 5.15 Å². The monoisotopic (exact) mass is 269 g/mol. The van der Waals surface area contributed by atoms with Gasteiger partial charge in [-0.3, -0.25) is 9.48 Å². The Morgan fingerprint density at radius 3 is 2.83 bits per heavy atom. The summed E-state index contributed by atoms with van der Waals surface area (Å²) in [5.74, 6) is -0.116. The molecule has 1 N–H and O–H groups in total. The average molecular weight is 270 g/mol. The normalized spacial score (nSPS) is 11.1. The van der Waals surface area contributed by atoms with Crippen molar-refractivity contribution < 1.29 is 4.79 Å². The zero-order chi connectivity index (χ0) is 13.5. The molecule has 4 nitrogen and oxygen atoms in total. The average Bonchev–Trinajstić information content (AvgIpc) is 2.60. The predicted octanol–water partition coefficient (Wildman–Crippen LogP) is 2.79. The fourth-order valence-corrected chi connectivity index (χ4v) is 1.93. The third-order valence-corrected chi connectivity index (χ3v) is 2.98. The third-order valence-electron chi connectivity index (χ3n) is 2.59. The second-order valence-electron chi connectivity index (χ2n) is 4.09. The SMILES string of the molecule is CCCCn1nc(C)c(/C=C/C(=O)NCC)c1Cl. The van der Waals surface area contributed by atoms with Gasteiger partial charge in [-0.25, -0.2) is 0 Å². The summed E-state index contributed by atoms with van der Waals surface area (Å²) in [7, 11) is 0. The molecular weight excluding hydrogens is 250 g/mol. The molecule has 1 heterocycles. The van der Waals surface area contributed by atoms with E-state index in [9.17, 15) is 4.79 Å². The van der Waals surface area contributed by atoms with Crippen LogP contribution >= 0.6 is 11.6 Å². The Morgan fingerprint density at radius 2 is 2.22 bits per heavy atom. The van der Waals surface area contributed by atoms with Crippen LogP contribution in [0, 0.1) is 6.92 Å². The Hall–Kier alpha value is -1.29. The van der Waals surface area contributed by atoms with Crippen molar-refractivity contribution in [2.45, 2.75) is 40.2 Å². The molecule has 0 saturated carbocycles. The summed E-state index contributed by atoms with van der Waals surface area (Å²) in [6.45, 7) is 7.33. The van der Waals surface area contributed by atoms with Gasteiger partial charge in [-0.2, -0.15) is 5.10 Å². The van der Waals surface area contributed by atoms with Crippen molar-refractivity contribution in [2.24, 2.45) is 0 Å². The topological polar surface area (TPSA) is 46.9 Å². The van der Waals surface area contributed by atoms with E-state index >= 15 is 0 Å². The van der Waals surface area contributed by atoms with Gasteiger partial charge in [0.15, 0.2) is 0 Å². The summed E-state index contributed by atoms with van der Waals surface area (Å²) >= 11 is 6.24. The first-order chi connectivity index (χ1) is 8.60. The van der Waals surface area contributed by atoms with E-state index in [4.69, 9.17) is 11.6 Å². The molecule has 0 aliphatic heterocycles. The van der Waals surface area contributed by atoms with Crippen LogP contribution in [0.1, 0.15) is 37.9 Å². The maximum Gasteiger partial charge on any atom is 0.243 e. The van der Waals surface area contributed by atoms with Gasteiger partial charge in [0.2, 0.25) is 5.91 Å². The standard InChI is InChI=1S/C13H20ClN3O/c1-4-6-9-17-13(14)11(10(3)16-17)7-8-12(18)15-5-2/h7-8H,4-6,9H2,1-3H3,(H,15,18)/b8-7+. The van der Waals surface area contributed by atoms with E-state index in [2.05, 4.69) is 17.3 Å². The minimum absolute atomic E-state index is 0.116. The van der Waals surface area contributed by atoms with Gasteiger partial charge >= 0.3 is 0 Å². The van der Waals surface area contributed by atoms with Crippen LogP contribution < -0.4 is 5.32 Å². The van der Waals surface area contributed by atoms with E-state index in [1.165, 1.54) is 6.08 Å². The van der Waals surface area contributed by atoms with Gasteiger partial charge in [-0.05, 0) is 26.3 Å². The summed E-state index contributed by atoms with van der Waals surface area (Å²) in [6.07, 6.45) is 5.35. The molecular formula is C13H20ClN3O. The number of likely N-dealkylation sites (N-methyl/N-ethyl adjacent to an activating group) is 1. The van der Waals surface area contributed by atoms with Crippen molar-refractivity contribution >= 4 is 23.6 Å². The van der Waals surface area contributed by atoms with E-state index in [1.807, 2.05) is 13.8 Å². The summed E-state index contributed by atoms with van der Waals surface area (Å²) < 4.78 is 1.79. The number of nitrogens with one attached hydrogen (secondary N) is 1. The first-order valence-corrected chi connectivity index (χ1v) is 6.66. The number of nitrogens with zero attached hydrogens (tertiary/aromatic N) is 2. The number of halogens is 1. The van der Waals surface area contributed by atoms with Gasteiger partial charge in [-0.1, -0.05) is 24.9 Å². The van der Waals surface area contributed by atoms with Crippen LogP contribution in [0.2, 0.25) is 5.15 Å². The molecule has 0 unspecified atom stereocenters. The summed E-state index contributed by atoms with van der Waals surface area (Å²) in [5, 5.41) is 7.67. The van der Waals surface area contributed by atoms with Crippen LogP contribution in [0.15, 0.2) is 6.08 Å². The third kappa shape index (κ3) is 3.88. The van der Waals surface area contributed by atoms with Gasteiger partial charge in [-0.15, -0.1) is 0 Å². The minimum atomic E-state index is -0.116. The molecule has 0 saturated heterocycles. The van der Waals surface area contributed by atoms with Crippen molar-refractivity contribution in [2.75, 3.05) is 6.54 Å². The molecule has 1 aromatic heterocycles. The van der Waals surface area contributed by atoms with Gasteiger partial charge < -0.3 is 5.32 Å². The number of hydrogen-bond donors (Lipinski definition) is 1. The molecule has 0 aromatic carbocycles. The number of aromatic nitrogens is 2. The molecule has 0 radical (unpaired) electrons. The second-order valence-corrected chi connectivity index (χ2v) is 4.45. The van der Waals surface area contributed by atoms with Gasteiger partial charge in [0, 0.05) is 24.7 Å². The number of carbonyl (C=O) groups is 1. The van der Waals surface area contributed by atoms with Crippen molar-refractivity contribution in [3.8, 4) is 0 Å². The van der Waals surface area contributed by atoms with Crippen molar-refractivity contribution in [3.63, 3.8) is 0 Å². The number of aryl methyl sites for hydroxylation is 2. The zero-order valence-electron chi connectivity index (χ0n) is 11.2. The molecule has 18 heavy (non-hydrogen) atoms. The van der Waals surface area contributed by atoms with E-state index in [-0.39, 0.29) is 5.91 Å². The molecule has 100 valence electrons. The lowest BCUT2D eigenvalue weighted by Gasteiger charge is -2.00. The van der Waals surface area contributed by atoms with Crippen LogP contribution in [0.25, 0.3) is 6.08 Å². The van der Waals surface area contributed by atoms with E-state index in [0.717, 1.165) is 30.6 Å². The van der Waals surface area contributed by atoms with Crippen LogP contribution in [0.5, 0.6) is 0 Å². The lowest BCUT2D eigenvalue weighted by molar-refractivity contribution is -0.116. The quantitative estimate of drug-likeness (QED) is 0.808. The highest BCUT2D eigenvalue weighted by atomic mass is 35.5. The molecule has 0 spiro atoms. The number of hydrogen-bond acceptors (Lipinski definition) is 2. The lowest BCUT2D eigenvalue weighted by atomic mass is 10.2. The first kappa shape index (κ1) is 14.8. The summed E-state index contributed by atoms with van der Waals surface area (Å²) in [4.78, 5) is 11.3. The molecule has 1 amide bonds. The van der Waals surface area contributed by atoms with E-state index < -0.39 is 0 Å². The van der Waals surface area contributed by atoms with Crippen molar-refractivity contribution in [1.29, 1.82) is 0 Å². The summed E-state index contributed by atoms with van der Waals surface area (Å²) in [5.41, 5.74) is 1.66. The Morgan fingerprint density at radius 1 is 1.50 bits per heavy atom.